The van der Waals surface area contributed by atoms with E-state index in [0.717, 1.165) is 6.07 Å². The summed E-state index contributed by atoms with van der Waals surface area (Å²) in [5, 5.41) is 4.95. The zero-order valence-electron chi connectivity index (χ0n) is 9.85. The van der Waals surface area contributed by atoms with Crippen LogP contribution in [0.4, 0.5) is 0 Å². The van der Waals surface area contributed by atoms with Crippen LogP contribution in [-0.4, -0.2) is 25.9 Å². The fraction of sp³-hybridized carbons (Fsp3) is 0.100. The predicted molar refractivity (Wildman–Crippen MR) is 77.9 cm³/mol. The first-order valence-electron chi connectivity index (χ1n) is 5.17. The molecule has 108 valence electrons. The number of allylic oxidation sites excluding steroid dienone is 4. The lowest BCUT2D eigenvalue weighted by Crippen LogP contribution is -2.14. The second-order valence-electron chi connectivity index (χ2n) is 3.79. The third-order valence-electron chi connectivity index (χ3n) is 2.45. The van der Waals surface area contributed by atoms with Gasteiger partial charge in [0.1, 0.15) is 8.42 Å². The molecule has 0 aromatic carbocycles. The summed E-state index contributed by atoms with van der Waals surface area (Å²) in [6.45, 7) is 0. The SMILES string of the molecule is NS(=O)(=O)c1ccc(S(=O)(=O)C2=CC=CCC2=S=O)s1. The summed E-state index contributed by atoms with van der Waals surface area (Å²) in [7, 11) is -7.86. The molecule has 0 amide bonds. The van der Waals surface area contributed by atoms with Crippen molar-refractivity contribution >= 4 is 47.3 Å². The number of sulfone groups is 1. The van der Waals surface area contributed by atoms with E-state index in [1.165, 1.54) is 12.1 Å². The maximum Gasteiger partial charge on any atom is 0.247 e. The van der Waals surface area contributed by atoms with Crippen LogP contribution in [0.2, 0.25) is 0 Å². The Hall–Kier alpha value is -1.07. The average molecular weight is 351 g/mol. The molecule has 1 aromatic heterocycles. The highest BCUT2D eigenvalue weighted by Gasteiger charge is 2.28. The minimum Gasteiger partial charge on any atom is -0.224 e. The topological polar surface area (TPSA) is 111 Å². The van der Waals surface area contributed by atoms with Crippen LogP contribution in [-0.2, 0) is 31.1 Å². The molecule has 0 spiro atoms. The van der Waals surface area contributed by atoms with Crippen LogP contribution < -0.4 is 5.14 Å². The van der Waals surface area contributed by atoms with Crippen LogP contribution in [0, 0.1) is 0 Å². The Balaban J connectivity index is 2.57. The minimum absolute atomic E-state index is 0.0946. The molecule has 2 rings (SSSR count). The number of sulfonamides is 1. The first-order valence-corrected chi connectivity index (χ1v) is 9.76. The molecule has 2 N–H and O–H groups in total. The summed E-state index contributed by atoms with van der Waals surface area (Å²) < 4.78 is 57.7. The lowest BCUT2D eigenvalue weighted by molar-refractivity contribution is 0.599. The normalized spacial score (nSPS) is 16.1. The summed E-state index contributed by atoms with van der Waals surface area (Å²) in [5.41, 5.74) is 0. The number of thiophene rings is 1. The highest BCUT2D eigenvalue weighted by Crippen LogP contribution is 2.30. The van der Waals surface area contributed by atoms with Gasteiger partial charge in [0.25, 0.3) is 0 Å². The van der Waals surface area contributed by atoms with E-state index in [4.69, 9.17) is 5.14 Å². The van der Waals surface area contributed by atoms with Gasteiger partial charge in [-0.15, -0.1) is 11.3 Å². The molecular weight excluding hydrogens is 342 g/mol. The van der Waals surface area contributed by atoms with Crippen molar-refractivity contribution in [1.29, 1.82) is 0 Å². The van der Waals surface area contributed by atoms with Crippen molar-refractivity contribution in [3.05, 3.63) is 35.3 Å². The van der Waals surface area contributed by atoms with Crippen molar-refractivity contribution in [3.63, 3.8) is 0 Å². The van der Waals surface area contributed by atoms with E-state index in [1.807, 2.05) is 0 Å². The first-order chi connectivity index (χ1) is 9.26. The standard InChI is InChI=1S/C10H9NO5S4/c11-20(15,16)10-6-5-9(17-10)19(13,14)8-4-2-1-3-7(8)18-12/h1-2,4-6H,3H2,(H2,11,15,16). The summed E-state index contributed by atoms with van der Waals surface area (Å²) >= 11 is 0.680. The Labute approximate surface area is 123 Å². The monoisotopic (exact) mass is 351 g/mol. The van der Waals surface area contributed by atoms with E-state index in [2.05, 4.69) is 0 Å². The van der Waals surface area contributed by atoms with Gasteiger partial charge in [-0.1, -0.05) is 12.2 Å². The van der Waals surface area contributed by atoms with E-state index < -0.39 is 19.9 Å². The van der Waals surface area contributed by atoms with E-state index in [-0.39, 0.29) is 35.9 Å². The molecule has 20 heavy (non-hydrogen) atoms. The van der Waals surface area contributed by atoms with Gasteiger partial charge in [-0.3, -0.25) is 0 Å². The second kappa shape index (κ2) is 5.37. The average Bonchev–Trinajstić information content (AvgIpc) is 2.88. The van der Waals surface area contributed by atoms with Gasteiger partial charge < -0.3 is 0 Å². The van der Waals surface area contributed by atoms with Crippen molar-refractivity contribution in [1.82, 2.24) is 0 Å². The molecule has 10 heteroatoms. The number of hydrogen-bond donors (Lipinski definition) is 1. The van der Waals surface area contributed by atoms with Crippen LogP contribution >= 0.6 is 11.3 Å². The maximum atomic E-state index is 12.4. The lowest BCUT2D eigenvalue weighted by atomic mass is 10.2. The molecule has 1 aromatic rings. The zero-order chi connectivity index (χ0) is 15.0. The summed E-state index contributed by atoms with van der Waals surface area (Å²) in [6.07, 6.45) is 4.78. The van der Waals surface area contributed by atoms with Gasteiger partial charge in [-0.05, 0) is 18.2 Å². The van der Waals surface area contributed by atoms with Crippen LogP contribution in [0.3, 0.4) is 0 Å². The summed E-state index contributed by atoms with van der Waals surface area (Å²) in [6, 6.07) is 2.31. The first kappa shape index (κ1) is 15.3. The van der Waals surface area contributed by atoms with Gasteiger partial charge in [-0.25, -0.2) is 26.2 Å². The Bertz CT molecular complexity index is 867. The van der Waals surface area contributed by atoms with Gasteiger partial charge in [0.15, 0.2) is 0 Å². The van der Waals surface area contributed by atoms with Crippen molar-refractivity contribution < 1.29 is 21.0 Å². The number of rotatable bonds is 3. The largest absolute Gasteiger partial charge is 0.247 e. The quantitative estimate of drug-likeness (QED) is 0.792. The van der Waals surface area contributed by atoms with Crippen LogP contribution in [0.15, 0.2) is 43.7 Å². The van der Waals surface area contributed by atoms with Crippen molar-refractivity contribution in [2.24, 2.45) is 5.14 Å². The molecule has 0 bridgehead atoms. The van der Waals surface area contributed by atoms with Gasteiger partial charge in [0.05, 0.1) is 21.0 Å². The molecule has 0 fully saturated rings. The van der Waals surface area contributed by atoms with Gasteiger partial charge in [0.2, 0.25) is 19.9 Å². The van der Waals surface area contributed by atoms with Gasteiger partial charge >= 0.3 is 0 Å². The van der Waals surface area contributed by atoms with E-state index in [0.29, 0.717) is 11.3 Å². The molecule has 0 saturated carbocycles. The molecule has 1 heterocycles. The van der Waals surface area contributed by atoms with Gasteiger partial charge in [0, 0.05) is 6.42 Å². The highest BCUT2D eigenvalue weighted by atomic mass is 32.3. The van der Waals surface area contributed by atoms with Crippen molar-refractivity contribution in [2.75, 3.05) is 0 Å². The lowest BCUT2D eigenvalue weighted by Gasteiger charge is -2.09. The predicted octanol–water partition coefficient (Wildman–Crippen LogP) is 0.398. The molecule has 0 atom stereocenters. The van der Waals surface area contributed by atoms with E-state index >= 15 is 0 Å². The fourth-order valence-electron chi connectivity index (χ4n) is 1.55. The number of primary sulfonamides is 1. The van der Waals surface area contributed by atoms with Crippen LogP contribution in [0.5, 0.6) is 0 Å². The summed E-state index contributed by atoms with van der Waals surface area (Å²) in [4.78, 5) is 0.0841. The third-order valence-corrected chi connectivity index (χ3v) is 8.02. The molecule has 0 radical (unpaired) electrons. The fourth-order valence-corrected chi connectivity index (χ4v) is 6.00. The van der Waals surface area contributed by atoms with Crippen LogP contribution in [0.1, 0.15) is 6.42 Å². The Morgan fingerprint density at radius 2 is 1.80 bits per heavy atom. The van der Waals surface area contributed by atoms with Crippen molar-refractivity contribution in [2.45, 2.75) is 14.8 Å². The minimum atomic E-state index is -3.95. The Morgan fingerprint density at radius 1 is 1.15 bits per heavy atom. The number of nitrogens with two attached hydrogens (primary N) is 1. The van der Waals surface area contributed by atoms with Crippen molar-refractivity contribution in [3.8, 4) is 0 Å². The number of hydrogen-bond acceptors (Lipinski definition) is 6. The van der Waals surface area contributed by atoms with E-state index in [9.17, 15) is 21.0 Å². The zero-order valence-corrected chi connectivity index (χ0v) is 13.1. The maximum absolute atomic E-state index is 12.4. The van der Waals surface area contributed by atoms with Gasteiger partial charge in [-0.2, -0.15) is 0 Å². The molecule has 1 aliphatic carbocycles. The molecule has 0 aliphatic heterocycles. The smallest absolute Gasteiger partial charge is 0.224 e. The third kappa shape index (κ3) is 2.83. The van der Waals surface area contributed by atoms with Crippen LogP contribution in [0.25, 0.3) is 0 Å². The molecule has 0 unspecified atom stereocenters. The summed E-state index contributed by atoms with van der Waals surface area (Å²) in [5.74, 6) is 0. The molecule has 0 saturated heterocycles. The molecular formula is C10H9NO5S4. The Morgan fingerprint density at radius 3 is 2.35 bits per heavy atom. The van der Waals surface area contributed by atoms with E-state index in [1.54, 1.807) is 12.2 Å². The molecule has 6 nitrogen and oxygen atoms in total. The molecule has 1 aliphatic rings. The second-order valence-corrected chi connectivity index (χ2v) is 9.47. The highest BCUT2D eigenvalue weighted by molar-refractivity contribution is 7.99. The Kier molecular flexibility index (Phi) is 4.12.